The molecule has 1 N–H and O–H groups in total. The molecule has 3 nitrogen and oxygen atoms in total. The number of hydrogen-bond acceptors (Lipinski definition) is 3. The normalized spacial score (nSPS) is 12.1. The van der Waals surface area contributed by atoms with Crippen molar-refractivity contribution in [1.82, 2.24) is 0 Å². The van der Waals surface area contributed by atoms with Crippen molar-refractivity contribution in [2.75, 3.05) is 14.2 Å². The molecule has 106 valence electrons. The van der Waals surface area contributed by atoms with E-state index in [-0.39, 0.29) is 5.56 Å². The van der Waals surface area contributed by atoms with Gasteiger partial charge in [-0.2, -0.15) is 0 Å². The fourth-order valence-electron chi connectivity index (χ4n) is 2.02. The average Bonchev–Trinajstić information content (AvgIpc) is 2.45. The van der Waals surface area contributed by atoms with Crippen LogP contribution < -0.4 is 9.47 Å². The van der Waals surface area contributed by atoms with Gasteiger partial charge < -0.3 is 14.6 Å². The molecule has 0 spiro atoms. The molecule has 20 heavy (non-hydrogen) atoms. The quantitative estimate of drug-likeness (QED) is 0.935. The predicted octanol–water partition coefficient (Wildman–Crippen LogP) is 3.06. The highest BCUT2D eigenvalue weighted by Gasteiger charge is 2.21. The molecule has 0 aliphatic heterocycles. The van der Waals surface area contributed by atoms with Gasteiger partial charge >= 0.3 is 0 Å². The minimum absolute atomic E-state index is 0.0297. The second-order valence-electron chi connectivity index (χ2n) is 4.15. The fourth-order valence-corrected chi connectivity index (χ4v) is 2.02. The lowest BCUT2D eigenvalue weighted by atomic mass is 9.99. The van der Waals surface area contributed by atoms with Crippen LogP contribution in [0.4, 0.5) is 8.78 Å². The Morgan fingerprint density at radius 2 is 1.75 bits per heavy atom. The van der Waals surface area contributed by atoms with E-state index in [4.69, 9.17) is 9.47 Å². The molecule has 0 bridgehead atoms. The van der Waals surface area contributed by atoms with E-state index in [9.17, 15) is 13.9 Å². The zero-order valence-corrected chi connectivity index (χ0v) is 11.1. The minimum atomic E-state index is -1.28. The standard InChI is InChI=1S/C15H14F2O3/c1-19-13-5-3-4-11(15(13)20-2)14(18)10-7-6-9(16)8-12(10)17/h3-8,14,18H,1-2H3. The van der Waals surface area contributed by atoms with Crippen LogP contribution in [0.15, 0.2) is 36.4 Å². The summed E-state index contributed by atoms with van der Waals surface area (Å²) in [6, 6.07) is 7.93. The zero-order chi connectivity index (χ0) is 14.7. The molecule has 0 saturated heterocycles. The van der Waals surface area contributed by atoms with Crippen LogP contribution in [0.25, 0.3) is 0 Å². The van der Waals surface area contributed by atoms with Gasteiger partial charge in [0.1, 0.15) is 17.7 Å². The Bertz CT molecular complexity index is 614. The highest BCUT2D eigenvalue weighted by atomic mass is 19.1. The summed E-state index contributed by atoms with van der Waals surface area (Å²) in [5.74, 6) is -0.781. The summed E-state index contributed by atoms with van der Waals surface area (Å²) in [5.41, 5.74) is 0.315. The lowest BCUT2D eigenvalue weighted by molar-refractivity contribution is 0.208. The zero-order valence-electron chi connectivity index (χ0n) is 11.1. The molecule has 0 aliphatic carbocycles. The molecule has 0 radical (unpaired) electrons. The van der Waals surface area contributed by atoms with Gasteiger partial charge in [0.05, 0.1) is 14.2 Å². The van der Waals surface area contributed by atoms with Crippen LogP contribution in [0.2, 0.25) is 0 Å². The number of halogens is 2. The second kappa shape index (κ2) is 5.88. The number of benzene rings is 2. The van der Waals surface area contributed by atoms with Gasteiger partial charge in [0.2, 0.25) is 0 Å². The molecule has 2 rings (SSSR count). The molecule has 2 aromatic rings. The van der Waals surface area contributed by atoms with E-state index in [1.54, 1.807) is 18.2 Å². The van der Waals surface area contributed by atoms with E-state index in [1.807, 2.05) is 0 Å². The molecule has 0 amide bonds. The topological polar surface area (TPSA) is 38.7 Å². The Kier molecular flexibility index (Phi) is 4.20. The van der Waals surface area contributed by atoms with E-state index in [0.717, 1.165) is 12.1 Å². The van der Waals surface area contributed by atoms with Gasteiger partial charge in [-0.25, -0.2) is 8.78 Å². The summed E-state index contributed by atoms with van der Waals surface area (Å²) < 4.78 is 37.0. The Hall–Kier alpha value is -2.14. The van der Waals surface area contributed by atoms with Crippen molar-refractivity contribution in [1.29, 1.82) is 0 Å². The Balaban J connectivity index is 2.50. The van der Waals surface area contributed by atoms with Crippen LogP contribution in [0.5, 0.6) is 11.5 Å². The minimum Gasteiger partial charge on any atom is -0.493 e. The molecule has 0 saturated carbocycles. The average molecular weight is 280 g/mol. The van der Waals surface area contributed by atoms with E-state index in [0.29, 0.717) is 17.1 Å². The van der Waals surface area contributed by atoms with Gasteiger partial charge in [0.15, 0.2) is 11.5 Å². The Morgan fingerprint density at radius 1 is 1.00 bits per heavy atom. The molecule has 5 heteroatoms. The number of methoxy groups -OCH3 is 2. The fraction of sp³-hybridized carbons (Fsp3) is 0.200. The SMILES string of the molecule is COc1cccc(C(O)c2ccc(F)cc2F)c1OC. The molecular formula is C15H14F2O3. The maximum absolute atomic E-state index is 13.7. The number of para-hydroxylation sites is 1. The first-order valence-electron chi connectivity index (χ1n) is 5.92. The third-order valence-corrected chi connectivity index (χ3v) is 2.99. The first-order valence-corrected chi connectivity index (χ1v) is 5.92. The van der Waals surface area contributed by atoms with Gasteiger partial charge in [0, 0.05) is 17.2 Å². The van der Waals surface area contributed by atoms with Crippen LogP contribution in [-0.2, 0) is 0 Å². The number of aliphatic hydroxyl groups is 1. The van der Waals surface area contributed by atoms with Gasteiger partial charge in [0.25, 0.3) is 0 Å². The third kappa shape index (κ3) is 2.58. The predicted molar refractivity (Wildman–Crippen MR) is 70.0 cm³/mol. The Morgan fingerprint density at radius 3 is 2.35 bits per heavy atom. The van der Waals surface area contributed by atoms with Crippen LogP contribution >= 0.6 is 0 Å². The number of rotatable bonds is 4. The lowest BCUT2D eigenvalue weighted by Gasteiger charge is -2.17. The summed E-state index contributed by atoms with van der Waals surface area (Å²) >= 11 is 0. The summed E-state index contributed by atoms with van der Waals surface area (Å²) in [6.45, 7) is 0. The molecular weight excluding hydrogens is 266 g/mol. The maximum atomic E-state index is 13.7. The van der Waals surface area contributed by atoms with Crippen molar-refractivity contribution in [3.63, 3.8) is 0 Å². The van der Waals surface area contributed by atoms with Crippen molar-refractivity contribution >= 4 is 0 Å². The third-order valence-electron chi connectivity index (χ3n) is 2.99. The van der Waals surface area contributed by atoms with Crippen molar-refractivity contribution in [3.8, 4) is 11.5 Å². The smallest absolute Gasteiger partial charge is 0.166 e. The highest BCUT2D eigenvalue weighted by molar-refractivity contribution is 5.50. The first kappa shape index (κ1) is 14.3. The largest absolute Gasteiger partial charge is 0.493 e. The summed E-state index contributed by atoms with van der Waals surface area (Å²) in [5, 5.41) is 10.3. The molecule has 0 aromatic heterocycles. The van der Waals surface area contributed by atoms with Crippen LogP contribution in [0.1, 0.15) is 17.2 Å². The van der Waals surface area contributed by atoms with Crippen LogP contribution in [-0.4, -0.2) is 19.3 Å². The number of ether oxygens (including phenoxy) is 2. The first-order chi connectivity index (χ1) is 9.58. The van der Waals surface area contributed by atoms with E-state index >= 15 is 0 Å². The number of hydrogen-bond donors (Lipinski definition) is 1. The van der Waals surface area contributed by atoms with E-state index in [1.165, 1.54) is 20.3 Å². The van der Waals surface area contributed by atoms with Crippen molar-refractivity contribution in [3.05, 3.63) is 59.2 Å². The molecule has 0 heterocycles. The molecule has 0 aliphatic rings. The van der Waals surface area contributed by atoms with Gasteiger partial charge in [-0.05, 0) is 12.1 Å². The molecule has 0 fully saturated rings. The number of aliphatic hydroxyl groups excluding tert-OH is 1. The molecule has 1 atom stereocenters. The van der Waals surface area contributed by atoms with Crippen molar-refractivity contribution < 1.29 is 23.4 Å². The van der Waals surface area contributed by atoms with Crippen LogP contribution in [0.3, 0.4) is 0 Å². The van der Waals surface area contributed by atoms with Crippen molar-refractivity contribution in [2.45, 2.75) is 6.10 Å². The summed E-state index contributed by atoms with van der Waals surface area (Å²) in [6.07, 6.45) is -1.28. The van der Waals surface area contributed by atoms with Gasteiger partial charge in [-0.1, -0.05) is 18.2 Å². The lowest BCUT2D eigenvalue weighted by Crippen LogP contribution is -2.06. The van der Waals surface area contributed by atoms with Gasteiger partial charge in [-0.15, -0.1) is 0 Å². The van der Waals surface area contributed by atoms with E-state index < -0.39 is 17.7 Å². The molecule has 2 aromatic carbocycles. The van der Waals surface area contributed by atoms with Crippen LogP contribution in [0, 0.1) is 11.6 Å². The summed E-state index contributed by atoms with van der Waals surface area (Å²) in [4.78, 5) is 0. The molecule has 1 unspecified atom stereocenters. The summed E-state index contributed by atoms with van der Waals surface area (Å²) in [7, 11) is 2.89. The Labute approximate surface area is 115 Å². The van der Waals surface area contributed by atoms with Crippen molar-refractivity contribution in [2.24, 2.45) is 0 Å². The highest BCUT2D eigenvalue weighted by Crippen LogP contribution is 2.37. The van der Waals surface area contributed by atoms with E-state index in [2.05, 4.69) is 0 Å². The monoisotopic (exact) mass is 280 g/mol. The van der Waals surface area contributed by atoms with Gasteiger partial charge in [-0.3, -0.25) is 0 Å². The second-order valence-corrected chi connectivity index (χ2v) is 4.15. The maximum Gasteiger partial charge on any atom is 0.166 e.